The molecule has 33 heavy (non-hydrogen) atoms. The highest BCUT2D eigenvalue weighted by Crippen LogP contribution is 2.25. The molecule has 10 nitrogen and oxygen atoms in total. The van der Waals surface area contributed by atoms with Gasteiger partial charge in [-0.15, -0.1) is 10.2 Å². The average Bonchev–Trinajstić information content (AvgIpc) is 3.41. The first-order chi connectivity index (χ1) is 15.9. The molecule has 2 amide bonds. The number of hydrogen-bond donors (Lipinski definition) is 4. The lowest BCUT2D eigenvalue weighted by molar-refractivity contribution is -0.114. The van der Waals surface area contributed by atoms with E-state index >= 15 is 0 Å². The van der Waals surface area contributed by atoms with Crippen molar-refractivity contribution in [2.45, 2.75) is 12.1 Å². The Hall–Kier alpha value is -3.83. The maximum Gasteiger partial charge on any atom is 0.234 e. The van der Waals surface area contributed by atoms with Gasteiger partial charge >= 0.3 is 0 Å². The molecule has 0 aliphatic carbocycles. The van der Waals surface area contributed by atoms with E-state index in [4.69, 9.17) is 17.4 Å². The second-order valence-corrected chi connectivity index (χ2v) is 8.32. The van der Waals surface area contributed by atoms with E-state index < -0.39 is 0 Å². The predicted molar refractivity (Wildman–Crippen MR) is 128 cm³/mol. The molecule has 0 atom stereocenters. The largest absolute Gasteiger partial charge is 0.335 e. The number of nitrogens with two attached hydrogens (primary N) is 1. The topological polar surface area (TPSA) is 144 Å². The number of nitrogen functional groups attached to an aromatic ring is 1. The van der Waals surface area contributed by atoms with Crippen LogP contribution in [-0.4, -0.2) is 42.6 Å². The smallest absolute Gasteiger partial charge is 0.234 e. The third-order valence-corrected chi connectivity index (χ3v) is 5.64. The van der Waals surface area contributed by atoms with Crippen molar-refractivity contribution in [3.05, 3.63) is 59.6 Å². The van der Waals surface area contributed by atoms with Crippen molar-refractivity contribution in [2.24, 2.45) is 0 Å². The van der Waals surface area contributed by atoms with Crippen molar-refractivity contribution in [2.75, 3.05) is 22.2 Å². The van der Waals surface area contributed by atoms with E-state index in [1.54, 1.807) is 36.4 Å². The SMILES string of the molecule is CC(=O)Nc1ccc(NC(=O)CSc2nnc(-c3cc(-c4ccc(Cl)cc4)n[nH]3)n2N)cc1. The van der Waals surface area contributed by atoms with Crippen molar-refractivity contribution in [3.63, 3.8) is 0 Å². The quantitative estimate of drug-likeness (QED) is 0.233. The van der Waals surface area contributed by atoms with Gasteiger partial charge in [-0.3, -0.25) is 14.7 Å². The number of thioether (sulfide) groups is 1. The lowest BCUT2D eigenvalue weighted by atomic mass is 10.1. The molecule has 0 bridgehead atoms. The number of nitrogens with zero attached hydrogens (tertiary/aromatic N) is 4. The van der Waals surface area contributed by atoms with Crippen LogP contribution in [0.5, 0.6) is 0 Å². The Morgan fingerprint density at radius 2 is 1.73 bits per heavy atom. The van der Waals surface area contributed by atoms with E-state index in [-0.39, 0.29) is 17.6 Å². The van der Waals surface area contributed by atoms with E-state index in [9.17, 15) is 9.59 Å². The molecule has 0 saturated carbocycles. The number of amides is 2. The van der Waals surface area contributed by atoms with Crippen LogP contribution >= 0.6 is 23.4 Å². The Labute approximate surface area is 197 Å². The molecule has 0 spiro atoms. The Balaban J connectivity index is 1.37. The number of halogens is 1. The zero-order valence-corrected chi connectivity index (χ0v) is 18.9. The minimum atomic E-state index is -0.233. The molecule has 0 aliphatic heterocycles. The summed E-state index contributed by atoms with van der Waals surface area (Å²) in [6, 6.07) is 15.9. The van der Waals surface area contributed by atoms with Gasteiger partial charge in [-0.05, 0) is 42.5 Å². The second-order valence-electron chi connectivity index (χ2n) is 6.95. The summed E-state index contributed by atoms with van der Waals surface area (Å²) in [5, 5.41) is 21.8. The first kappa shape index (κ1) is 22.4. The van der Waals surface area contributed by atoms with Gasteiger partial charge in [0.05, 0.1) is 11.4 Å². The van der Waals surface area contributed by atoms with Gasteiger partial charge in [-0.25, -0.2) is 4.68 Å². The van der Waals surface area contributed by atoms with Crippen molar-refractivity contribution >= 4 is 46.6 Å². The zero-order chi connectivity index (χ0) is 23.4. The standard InChI is InChI=1S/C21H19ClN8O2S/c1-12(31)24-15-6-8-16(9-7-15)25-19(32)11-33-21-29-28-20(30(21)23)18-10-17(26-27-18)13-2-4-14(22)5-3-13/h2-10H,11,23H2,1H3,(H,24,31)(H,25,32)(H,26,27). The molecule has 5 N–H and O–H groups in total. The summed E-state index contributed by atoms with van der Waals surface area (Å²) in [7, 11) is 0. The molecule has 0 fully saturated rings. The van der Waals surface area contributed by atoms with Crippen LogP contribution in [0.3, 0.4) is 0 Å². The summed E-state index contributed by atoms with van der Waals surface area (Å²) < 4.78 is 1.30. The molecule has 2 heterocycles. The Morgan fingerprint density at radius 1 is 1.06 bits per heavy atom. The lowest BCUT2D eigenvalue weighted by Gasteiger charge is -2.07. The fourth-order valence-corrected chi connectivity index (χ4v) is 3.71. The highest BCUT2D eigenvalue weighted by Gasteiger charge is 2.16. The number of hydrogen-bond acceptors (Lipinski definition) is 7. The predicted octanol–water partition coefficient (Wildman–Crippen LogP) is 3.39. The van der Waals surface area contributed by atoms with E-state index in [2.05, 4.69) is 31.0 Å². The number of H-pyrrole nitrogens is 1. The van der Waals surface area contributed by atoms with E-state index in [1.165, 1.54) is 11.6 Å². The van der Waals surface area contributed by atoms with Crippen molar-refractivity contribution in [1.82, 2.24) is 25.1 Å². The van der Waals surface area contributed by atoms with Gasteiger partial charge in [0.15, 0.2) is 0 Å². The molecular formula is C21H19ClN8O2S. The Bertz CT molecular complexity index is 1280. The van der Waals surface area contributed by atoms with Crippen LogP contribution < -0.4 is 16.5 Å². The monoisotopic (exact) mass is 482 g/mol. The number of carbonyl (C=O) groups is 2. The minimum absolute atomic E-state index is 0.0851. The number of rotatable bonds is 7. The summed E-state index contributed by atoms with van der Waals surface area (Å²) in [5.74, 6) is 6.22. The Morgan fingerprint density at radius 3 is 2.39 bits per heavy atom. The van der Waals surface area contributed by atoms with Crippen LogP contribution in [0.1, 0.15) is 6.92 Å². The van der Waals surface area contributed by atoms with Crippen LogP contribution in [0.25, 0.3) is 22.8 Å². The Kier molecular flexibility index (Phi) is 6.61. The van der Waals surface area contributed by atoms with Gasteiger partial charge in [0, 0.05) is 28.9 Å². The second kappa shape index (κ2) is 9.76. The number of benzene rings is 2. The average molecular weight is 483 g/mol. The van der Waals surface area contributed by atoms with Gasteiger partial charge in [-0.2, -0.15) is 5.10 Å². The minimum Gasteiger partial charge on any atom is -0.335 e. The van der Waals surface area contributed by atoms with Crippen molar-refractivity contribution < 1.29 is 9.59 Å². The normalized spacial score (nSPS) is 10.7. The van der Waals surface area contributed by atoms with Crippen molar-refractivity contribution in [3.8, 4) is 22.8 Å². The molecule has 0 saturated heterocycles. The maximum absolute atomic E-state index is 12.3. The molecule has 0 aliphatic rings. The van der Waals surface area contributed by atoms with E-state index in [0.29, 0.717) is 38.8 Å². The highest BCUT2D eigenvalue weighted by molar-refractivity contribution is 7.99. The van der Waals surface area contributed by atoms with Crippen LogP contribution in [-0.2, 0) is 9.59 Å². The van der Waals surface area contributed by atoms with Crippen molar-refractivity contribution in [1.29, 1.82) is 0 Å². The number of anilines is 2. The van der Waals surface area contributed by atoms with Gasteiger partial charge in [-0.1, -0.05) is 35.5 Å². The first-order valence-electron chi connectivity index (χ1n) is 9.71. The third kappa shape index (κ3) is 5.51. The van der Waals surface area contributed by atoms with Gasteiger partial charge in [0.25, 0.3) is 0 Å². The number of nitrogens with one attached hydrogen (secondary N) is 3. The van der Waals surface area contributed by atoms with Crippen LogP contribution in [0, 0.1) is 0 Å². The molecule has 0 unspecified atom stereocenters. The fourth-order valence-electron chi connectivity index (χ4n) is 2.93. The summed E-state index contributed by atoms with van der Waals surface area (Å²) >= 11 is 7.09. The fraction of sp³-hybridized carbons (Fsp3) is 0.0952. The van der Waals surface area contributed by atoms with E-state index in [1.807, 2.05) is 18.2 Å². The number of aromatic amines is 1. The van der Waals surface area contributed by atoms with Gasteiger partial charge in [0.1, 0.15) is 5.69 Å². The van der Waals surface area contributed by atoms with E-state index in [0.717, 1.165) is 17.3 Å². The summed E-state index contributed by atoms with van der Waals surface area (Å²) in [4.78, 5) is 23.4. The first-order valence-corrected chi connectivity index (χ1v) is 11.1. The zero-order valence-electron chi connectivity index (χ0n) is 17.4. The highest BCUT2D eigenvalue weighted by atomic mass is 35.5. The van der Waals surface area contributed by atoms with Gasteiger partial charge in [0.2, 0.25) is 22.8 Å². The molecule has 4 rings (SSSR count). The molecule has 2 aromatic heterocycles. The molecule has 4 aromatic rings. The number of aromatic nitrogens is 5. The molecular weight excluding hydrogens is 464 g/mol. The molecule has 2 aromatic carbocycles. The van der Waals surface area contributed by atoms with Crippen LogP contribution in [0.4, 0.5) is 11.4 Å². The molecule has 12 heteroatoms. The number of carbonyl (C=O) groups excluding carboxylic acids is 2. The third-order valence-electron chi connectivity index (χ3n) is 4.44. The van der Waals surface area contributed by atoms with Gasteiger partial charge < -0.3 is 16.5 Å². The maximum atomic E-state index is 12.3. The summed E-state index contributed by atoms with van der Waals surface area (Å²) in [6.45, 7) is 1.43. The van der Waals surface area contributed by atoms with Crippen LogP contribution in [0.15, 0.2) is 59.8 Å². The summed E-state index contributed by atoms with van der Waals surface area (Å²) in [6.07, 6.45) is 0. The lowest BCUT2D eigenvalue weighted by Crippen LogP contribution is -2.16. The summed E-state index contributed by atoms with van der Waals surface area (Å²) in [5.41, 5.74) is 3.45. The molecule has 0 radical (unpaired) electrons. The molecule has 168 valence electrons. The van der Waals surface area contributed by atoms with Crippen LogP contribution in [0.2, 0.25) is 5.02 Å².